The molecule has 0 saturated heterocycles. The van der Waals surface area contributed by atoms with Gasteiger partial charge in [-0.3, -0.25) is 0 Å². The van der Waals surface area contributed by atoms with Gasteiger partial charge in [0.1, 0.15) is 12.0 Å². The van der Waals surface area contributed by atoms with Crippen LogP contribution in [0.15, 0.2) is 12.1 Å². The Morgan fingerprint density at radius 3 is 2.37 bits per heavy atom. The summed E-state index contributed by atoms with van der Waals surface area (Å²) in [5, 5.41) is 0. The summed E-state index contributed by atoms with van der Waals surface area (Å²) in [6.45, 7) is 0. The molecular weight excluding hydrogens is 389 g/mol. The molecule has 1 fully saturated rings. The van der Waals surface area contributed by atoms with Crippen LogP contribution in [0.5, 0.6) is 5.75 Å². The average molecular weight is 408 g/mol. The normalized spacial score (nSPS) is 16.0. The van der Waals surface area contributed by atoms with Crippen LogP contribution < -0.4 is 4.18 Å². The summed E-state index contributed by atoms with van der Waals surface area (Å²) in [5.74, 6) is -1.56. The maximum atomic E-state index is 12.8. The smallest absolute Gasteiger partial charge is 0.465 e. The Kier molecular flexibility index (Phi) is 6.50. The standard InChI is InChI=1S/C17H19F3O6S/c1-25-16(22)13-9-12(7-8-21)15(26-27(23,24)17(18,19)20)14(10-13)11-5-3-2-4-6-11/h8-11H,2-7H2,1H3. The van der Waals surface area contributed by atoms with Gasteiger partial charge in [-0.05, 0) is 30.9 Å². The van der Waals surface area contributed by atoms with Gasteiger partial charge in [0, 0.05) is 17.5 Å². The molecule has 2 rings (SSSR count). The lowest BCUT2D eigenvalue weighted by molar-refractivity contribution is -0.107. The Morgan fingerprint density at radius 2 is 1.85 bits per heavy atom. The minimum Gasteiger partial charge on any atom is -0.465 e. The zero-order valence-corrected chi connectivity index (χ0v) is 15.4. The summed E-state index contributed by atoms with van der Waals surface area (Å²) in [7, 11) is -4.78. The zero-order chi connectivity index (χ0) is 20.2. The highest BCUT2D eigenvalue weighted by Crippen LogP contribution is 2.42. The summed E-state index contributed by atoms with van der Waals surface area (Å²) >= 11 is 0. The van der Waals surface area contributed by atoms with Gasteiger partial charge in [-0.1, -0.05) is 19.3 Å². The van der Waals surface area contributed by atoms with Crippen molar-refractivity contribution in [2.24, 2.45) is 0 Å². The molecule has 0 bridgehead atoms. The van der Waals surface area contributed by atoms with Crippen LogP contribution in [0.3, 0.4) is 0 Å². The monoisotopic (exact) mass is 408 g/mol. The molecule has 6 nitrogen and oxygen atoms in total. The van der Waals surface area contributed by atoms with E-state index in [1.54, 1.807) is 0 Å². The molecule has 0 aliphatic heterocycles. The molecule has 1 aromatic rings. The zero-order valence-electron chi connectivity index (χ0n) is 14.5. The summed E-state index contributed by atoms with van der Waals surface area (Å²) in [6.07, 6.45) is 3.76. The molecule has 1 aromatic carbocycles. The van der Waals surface area contributed by atoms with Crippen molar-refractivity contribution in [2.75, 3.05) is 7.11 Å². The number of hydrogen-bond acceptors (Lipinski definition) is 6. The van der Waals surface area contributed by atoms with Crippen LogP contribution in [0.4, 0.5) is 13.2 Å². The molecule has 0 spiro atoms. The molecule has 1 aliphatic rings. The van der Waals surface area contributed by atoms with Crippen LogP contribution in [-0.4, -0.2) is 33.3 Å². The molecule has 10 heteroatoms. The van der Waals surface area contributed by atoms with Crippen molar-refractivity contribution in [1.29, 1.82) is 0 Å². The van der Waals surface area contributed by atoms with E-state index in [-0.39, 0.29) is 22.6 Å². The third-order valence-electron chi connectivity index (χ3n) is 4.44. The quantitative estimate of drug-likeness (QED) is 0.310. The number of benzene rings is 1. The highest BCUT2D eigenvalue weighted by molar-refractivity contribution is 7.88. The summed E-state index contributed by atoms with van der Waals surface area (Å²) in [5.41, 5.74) is -5.54. The predicted octanol–water partition coefficient (Wildman–Crippen LogP) is 3.49. The van der Waals surface area contributed by atoms with Crippen LogP contribution in [0.25, 0.3) is 0 Å². The molecule has 0 atom stereocenters. The van der Waals surface area contributed by atoms with Crippen LogP contribution >= 0.6 is 0 Å². The minimum atomic E-state index is -5.92. The molecule has 1 aliphatic carbocycles. The summed E-state index contributed by atoms with van der Waals surface area (Å²) < 4.78 is 70.6. The lowest BCUT2D eigenvalue weighted by Crippen LogP contribution is -2.29. The molecular formula is C17H19F3O6S. The van der Waals surface area contributed by atoms with Gasteiger partial charge in [0.2, 0.25) is 0 Å². The van der Waals surface area contributed by atoms with Gasteiger partial charge in [-0.25, -0.2) is 4.79 Å². The summed E-state index contributed by atoms with van der Waals surface area (Å²) in [6, 6.07) is 2.41. The molecule has 0 radical (unpaired) electrons. The highest BCUT2D eigenvalue weighted by Gasteiger charge is 2.49. The number of carbonyl (C=O) groups is 2. The molecule has 0 unspecified atom stereocenters. The Labute approximate surface area is 154 Å². The second kappa shape index (κ2) is 8.28. The molecule has 0 amide bonds. The first kappa shape index (κ1) is 21.2. The fourth-order valence-corrected chi connectivity index (χ4v) is 3.68. The number of hydrogen-bond donors (Lipinski definition) is 0. The number of ether oxygens (including phenoxy) is 1. The number of aldehydes is 1. The van der Waals surface area contributed by atoms with E-state index >= 15 is 0 Å². The third kappa shape index (κ3) is 4.79. The first-order chi connectivity index (χ1) is 12.6. The van der Waals surface area contributed by atoms with E-state index in [4.69, 9.17) is 0 Å². The van der Waals surface area contributed by atoms with E-state index in [9.17, 15) is 31.2 Å². The lowest BCUT2D eigenvalue weighted by Gasteiger charge is -2.26. The molecule has 150 valence electrons. The topological polar surface area (TPSA) is 86.7 Å². The van der Waals surface area contributed by atoms with Gasteiger partial charge < -0.3 is 13.7 Å². The number of carbonyl (C=O) groups excluding carboxylic acids is 2. The SMILES string of the molecule is COC(=O)c1cc(CC=O)c(OS(=O)(=O)C(F)(F)F)c(C2CCCCC2)c1. The third-order valence-corrected chi connectivity index (χ3v) is 5.39. The Balaban J connectivity index is 2.65. The number of rotatable bonds is 6. The number of methoxy groups -OCH3 is 1. The van der Waals surface area contributed by atoms with Crippen molar-refractivity contribution in [1.82, 2.24) is 0 Å². The first-order valence-electron chi connectivity index (χ1n) is 8.30. The second-order valence-corrected chi connectivity index (χ2v) is 7.77. The van der Waals surface area contributed by atoms with Gasteiger partial charge >= 0.3 is 21.6 Å². The van der Waals surface area contributed by atoms with Gasteiger partial charge in [0.25, 0.3) is 0 Å². The number of esters is 1. The number of halogens is 3. The largest absolute Gasteiger partial charge is 0.534 e. The predicted molar refractivity (Wildman–Crippen MR) is 89.0 cm³/mol. The Bertz CT molecular complexity index is 811. The average Bonchev–Trinajstić information content (AvgIpc) is 2.62. The van der Waals surface area contributed by atoms with Crippen molar-refractivity contribution in [3.8, 4) is 5.75 Å². The molecule has 27 heavy (non-hydrogen) atoms. The van der Waals surface area contributed by atoms with E-state index in [0.29, 0.717) is 19.1 Å². The van der Waals surface area contributed by atoms with Crippen LogP contribution in [0.2, 0.25) is 0 Å². The fourth-order valence-electron chi connectivity index (χ4n) is 3.17. The maximum Gasteiger partial charge on any atom is 0.534 e. The first-order valence-corrected chi connectivity index (χ1v) is 9.71. The van der Waals surface area contributed by atoms with Crippen molar-refractivity contribution >= 4 is 22.4 Å². The van der Waals surface area contributed by atoms with E-state index in [2.05, 4.69) is 8.92 Å². The van der Waals surface area contributed by atoms with Crippen molar-refractivity contribution in [3.05, 3.63) is 28.8 Å². The Hall–Kier alpha value is -2.10. The molecule has 1 saturated carbocycles. The number of alkyl halides is 3. The van der Waals surface area contributed by atoms with E-state index in [1.807, 2.05) is 0 Å². The van der Waals surface area contributed by atoms with Crippen molar-refractivity contribution in [3.63, 3.8) is 0 Å². The van der Waals surface area contributed by atoms with Crippen molar-refractivity contribution in [2.45, 2.75) is 50.0 Å². The van der Waals surface area contributed by atoms with Crippen molar-refractivity contribution < 1.29 is 40.1 Å². The second-order valence-electron chi connectivity index (χ2n) is 6.23. The highest BCUT2D eigenvalue weighted by atomic mass is 32.2. The van der Waals surface area contributed by atoms with Gasteiger partial charge in [-0.15, -0.1) is 0 Å². The molecule has 0 aromatic heterocycles. The Morgan fingerprint density at radius 1 is 1.22 bits per heavy atom. The summed E-state index contributed by atoms with van der Waals surface area (Å²) in [4.78, 5) is 22.9. The maximum absolute atomic E-state index is 12.8. The van der Waals surface area contributed by atoms with E-state index in [0.717, 1.165) is 32.4 Å². The van der Waals surface area contributed by atoms with Crippen LogP contribution in [0.1, 0.15) is 59.5 Å². The van der Waals surface area contributed by atoms with Gasteiger partial charge in [0.15, 0.2) is 0 Å². The van der Waals surface area contributed by atoms with Gasteiger partial charge in [0.05, 0.1) is 12.7 Å². The minimum absolute atomic E-state index is 0.0201. The van der Waals surface area contributed by atoms with Gasteiger partial charge in [-0.2, -0.15) is 21.6 Å². The van der Waals surface area contributed by atoms with Crippen LogP contribution in [0, 0.1) is 0 Å². The fraction of sp³-hybridized carbons (Fsp3) is 0.529. The van der Waals surface area contributed by atoms with E-state index < -0.39 is 33.8 Å². The molecule has 0 N–H and O–H groups in total. The molecule has 0 heterocycles. The van der Waals surface area contributed by atoms with E-state index in [1.165, 1.54) is 6.07 Å². The van der Waals surface area contributed by atoms with Crippen LogP contribution in [-0.2, 0) is 26.1 Å². The lowest BCUT2D eigenvalue weighted by atomic mass is 9.82.